The molecule has 5 nitrogen and oxygen atoms in total. The number of phenolic OH excluding ortho intramolecular Hbond substituents is 1. The second-order valence-electron chi connectivity index (χ2n) is 5.15. The first kappa shape index (κ1) is 15.0. The molecule has 0 heterocycles. The fourth-order valence-corrected chi connectivity index (χ4v) is 2.24. The molecule has 0 aliphatic heterocycles. The zero-order valence-electron chi connectivity index (χ0n) is 11.8. The van der Waals surface area contributed by atoms with E-state index in [1.165, 1.54) is 18.2 Å². The standard InChI is InChI=1S/C16H16O5/c1-8(2)6-7-11(18)13-14(19)9-4-3-5-10(17)12(9)15(20)16(13)21/h3-6,11,17-19H,7H2,1-2H3. The number of aliphatic hydroxyl groups excluding tert-OH is 2. The molecule has 0 fully saturated rings. The van der Waals surface area contributed by atoms with Gasteiger partial charge >= 0.3 is 0 Å². The third-order valence-electron chi connectivity index (χ3n) is 3.31. The molecule has 0 saturated heterocycles. The van der Waals surface area contributed by atoms with Crippen molar-refractivity contribution in [3.8, 4) is 5.75 Å². The topological polar surface area (TPSA) is 94.8 Å². The molecule has 110 valence electrons. The van der Waals surface area contributed by atoms with Crippen molar-refractivity contribution >= 4 is 17.3 Å². The third-order valence-corrected chi connectivity index (χ3v) is 3.31. The Morgan fingerprint density at radius 1 is 1.19 bits per heavy atom. The van der Waals surface area contributed by atoms with Crippen LogP contribution >= 0.6 is 0 Å². The number of phenols is 1. The van der Waals surface area contributed by atoms with Crippen LogP contribution in [0, 0.1) is 0 Å². The van der Waals surface area contributed by atoms with Crippen molar-refractivity contribution < 1.29 is 24.9 Å². The summed E-state index contributed by atoms with van der Waals surface area (Å²) >= 11 is 0. The number of aromatic hydroxyl groups is 1. The van der Waals surface area contributed by atoms with Crippen molar-refractivity contribution in [1.29, 1.82) is 0 Å². The van der Waals surface area contributed by atoms with Crippen LogP contribution in [-0.2, 0) is 4.79 Å². The smallest absolute Gasteiger partial charge is 0.237 e. The maximum Gasteiger partial charge on any atom is 0.237 e. The van der Waals surface area contributed by atoms with Gasteiger partial charge in [-0.2, -0.15) is 0 Å². The Kier molecular flexibility index (Phi) is 3.95. The average molecular weight is 288 g/mol. The monoisotopic (exact) mass is 288 g/mol. The average Bonchev–Trinajstić information content (AvgIpc) is 2.42. The highest BCUT2D eigenvalue weighted by Gasteiger charge is 2.37. The van der Waals surface area contributed by atoms with Gasteiger partial charge in [0.25, 0.3) is 0 Å². The Morgan fingerprint density at radius 2 is 1.86 bits per heavy atom. The number of fused-ring (bicyclic) bond motifs is 1. The van der Waals surface area contributed by atoms with E-state index in [1.807, 2.05) is 13.8 Å². The van der Waals surface area contributed by atoms with Crippen molar-refractivity contribution in [2.45, 2.75) is 26.4 Å². The molecule has 0 radical (unpaired) electrons. The summed E-state index contributed by atoms with van der Waals surface area (Å²) in [6.45, 7) is 3.67. The lowest BCUT2D eigenvalue weighted by Crippen LogP contribution is -2.30. The second kappa shape index (κ2) is 5.54. The molecule has 1 atom stereocenters. The predicted molar refractivity (Wildman–Crippen MR) is 77.0 cm³/mol. The Balaban J connectivity index is 2.55. The fraction of sp³-hybridized carbons (Fsp3) is 0.250. The molecule has 5 heteroatoms. The lowest BCUT2D eigenvalue weighted by Gasteiger charge is -2.21. The molecular weight excluding hydrogens is 272 g/mol. The summed E-state index contributed by atoms with van der Waals surface area (Å²) in [5, 5.41) is 29.9. The van der Waals surface area contributed by atoms with Gasteiger partial charge in [-0.3, -0.25) is 9.59 Å². The highest BCUT2D eigenvalue weighted by Crippen LogP contribution is 2.34. The van der Waals surface area contributed by atoms with Gasteiger partial charge < -0.3 is 15.3 Å². The number of aliphatic hydroxyl groups is 2. The predicted octanol–water partition coefficient (Wildman–Crippen LogP) is 2.14. The lowest BCUT2D eigenvalue weighted by molar-refractivity contribution is -0.112. The van der Waals surface area contributed by atoms with Gasteiger partial charge in [0.2, 0.25) is 11.6 Å². The molecular formula is C16H16O5. The van der Waals surface area contributed by atoms with Crippen molar-refractivity contribution in [3.05, 3.63) is 46.5 Å². The van der Waals surface area contributed by atoms with E-state index in [-0.39, 0.29) is 28.9 Å². The summed E-state index contributed by atoms with van der Waals surface area (Å²) in [7, 11) is 0. The quantitative estimate of drug-likeness (QED) is 0.585. The van der Waals surface area contributed by atoms with E-state index in [2.05, 4.69) is 0 Å². The molecule has 0 bridgehead atoms. The number of carbonyl (C=O) groups is 2. The summed E-state index contributed by atoms with van der Waals surface area (Å²) < 4.78 is 0. The zero-order chi connectivity index (χ0) is 15.7. The van der Waals surface area contributed by atoms with Crippen LogP contribution in [0.1, 0.15) is 36.2 Å². The van der Waals surface area contributed by atoms with Gasteiger partial charge in [0.05, 0.1) is 17.2 Å². The van der Waals surface area contributed by atoms with Gasteiger partial charge in [-0.05, 0) is 26.3 Å². The maximum atomic E-state index is 12.1. The molecule has 2 rings (SSSR count). The van der Waals surface area contributed by atoms with E-state index in [9.17, 15) is 24.9 Å². The summed E-state index contributed by atoms with van der Waals surface area (Å²) in [5.41, 5.74) is 0.460. The van der Waals surface area contributed by atoms with E-state index >= 15 is 0 Å². The number of Topliss-reactive ketones (excluding diaryl/α,β-unsaturated/α-hetero) is 2. The van der Waals surface area contributed by atoms with Gasteiger partial charge in [-0.25, -0.2) is 0 Å². The molecule has 1 aromatic carbocycles. The maximum absolute atomic E-state index is 12.1. The van der Waals surface area contributed by atoms with E-state index in [1.54, 1.807) is 6.08 Å². The minimum absolute atomic E-state index is 0.0610. The van der Waals surface area contributed by atoms with Crippen LogP contribution in [0.25, 0.3) is 5.76 Å². The van der Waals surface area contributed by atoms with Crippen LogP contribution in [0.4, 0.5) is 0 Å². The molecule has 0 spiro atoms. The number of hydrogen-bond acceptors (Lipinski definition) is 5. The fourth-order valence-electron chi connectivity index (χ4n) is 2.24. The lowest BCUT2D eigenvalue weighted by atomic mass is 9.84. The van der Waals surface area contributed by atoms with E-state index in [0.717, 1.165) is 5.57 Å². The normalized spacial score (nSPS) is 15.8. The summed E-state index contributed by atoms with van der Waals surface area (Å²) in [6, 6.07) is 4.14. The Hall–Kier alpha value is -2.40. The highest BCUT2D eigenvalue weighted by atomic mass is 16.3. The van der Waals surface area contributed by atoms with Crippen LogP contribution in [0.2, 0.25) is 0 Å². The van der Waals surface area contributed by atoms with Crippen molar-refractivity contribution in [1.82, 2.24) is 0 Å². The van der Waals surface area contributed by atoms with E-state index < -0.39 is 23.4 Å². The summed E-state index contributed by atoms with van der Waals surface area (Å²) in [4.78, 5) is 24.1. The minimum atomic E-state index is -1.27. The SMILES string of the molecule is CC(C)=CCC(O)C1=C(O)c2cccc(O)c2C(=O)C1=O. The van der Waals surface area contributed by atoms with Crippen LogP contribution < -0.4 is 0 Å². The molecule has 1 unspecified atom stereocenters. The summed E-state index contributed by atoms with van der Waals surface area (Å²) in [6.07, 6.45) is 0.558. The highest BCUT2D eigenvalue weighted by molar-refractivity contribution is 6.52. The van der Waals surface area contributed by atoms with Gasteiger partial charge in [0.15, 0.2) is 0 Å². The Bertz CT molecular complexity index is 678. The number of benzene rings is 1. The first-order chi connectivity index (χ1) is 9.84. The summed E-state index contributed by atoms with van der Waals surface area (Å²) in [5.74, 6) is -2.74. The Morgan fingerprint density at radius 3 is 2.48 bits per heavy atom. The molecule has 1 aliphatic rings. The molecule has 3 N–H and O–H groups in total. The van der Waals surface area contributed by atoms with Crippen LogP contribution in [0.15, 0.2) is 35.4 Å². The second-order valence-corrected chi connectivity index (χ2v) is 5.15. The number of rotatable bonds is 3. The first-order valence-electron chi connectivity index (χ1n) is 6.50. The van der Waals surface area contributed by atoms with E-state index in [4.69, 9.17) is 0 Å². The number of ketones is 2. The Labute approximate surface area is 121 Å². The van der Waals surface area contributed by atoms with Gasteiger partial charge in [-0.1, -0.05) is 23.8 Å². The zero-order valence-corrected chi connectivity index (χ0v) is 11.8. The molecule has 1 aliphatic carbocycles. The van der Waals surface area contributed by atoms with Gasteiger partial charge in [0.1, 0.15) is 11.5 Å². The van der Waals surface area contributed by atoms with E-state index in [0.29, 0.717) is 0 Å². The van der Waals surface area contributed by atoms with Crippen LogP contribution in [0.5, 0.6) is 5.75 Å². The molecule has 0 aromatic heterocycles. The molecule has 0 saturated carbocycles. The number of hydrogen-bond donors (Lipinski definition) is 3. The first-order valence-corrected chi connectivity index (χ1v) is 6.50. The van der Waals surface area contributed by atoms with Crippen LogP contribution in [0.3, 0.4) is 0 Å². The minimum Gasteiger partial charge on any atom is -0.507 e. The van der Waals surface area contributed by atoms with Gasteiger partial charge in [-0.15, -0.1) is 0 Å². The number of carbonyl (C=O) groups excluding carboxylic acids is 2. The molecule has 21 heavy (non-hydrogen) atoms. The van der Waals surface area contributed by atoms with Gasteiger partial charge in [0, 0.05) is 5.56 Å². The van der Waals surface area contributed by atoms with Crippen molar-refractivity contribution in [2.24, 2.45) is 0 Å². The molecule has 0 amide bonds. The number of allylic oxidation sites excluding steroid dienone is 1. The molecule has 1 aromatic rings. The van der Waals surface area contributed by atoms with Crippen LogP contribution in [-0.4, -0.2) is 33.0 Å². The largest absolute Gasteiger partial charge is 0.507 e. The van der Waals surface area contributed by atoms with Crippen molar-refractivity contribution in [3.63, 3.8) is 0 Å². The van der Waals surface area contributed by atoms with Crippen molar-refractivity contribution in [2.75, 3.05) is 0 Å². The third kappa shape index (κ3) is 2.60.